The van der Waals surface area contributed by atoms with Gasteiger partial charge in [0.15, 0.2) is 0 Å². The Kier molecular flexibility index (Phi) is 4.73. The molecule has 5 nitrogen and oxygen atoms in total. The van der Waals surface area contributed by atoms with Gasteiger partial charge in [0.2, 0.25) is 0 Å². The number of nitrogens with zero attached hydrogens (tertiary/aromatic N) is 2. The second-order valence-electron chi connectivity index (χ2n) is 5.71. The minimum atomic E-state index is -0.309. The molecule has 0 aromatic heterocycles. The average Bonchev–Trinajstić information content (AvgIpc) is 2.81. The van der Waals surface area contributed by atoms with Crippen LogP contribution in [0.5, 0.6) is 0 Å². The number of nitrogens with one attached hydrogen (secondary N) is 1. The third-order valence-corrected chi connectivity index (χ3v) is 4.26. The molecule has 2 unspecified atom stereocenters. The number of hydrogen-bond acceptors (Lipinski definition) is 4. The first-order valence-electron chi connectivity index (χ1n) is 7.17. The molecule has 1 aromatic carbocycles. The van der Waals surface area contributed by atoms with Gasteiger partial charge in [-0.15, -0.1) is 0 Å². The lowest BCUT2D eigenvalue weighted by atomic mass is 10.0. The van der Waals surface area contributed by atoms with E-state index < -0.39 is 0 Å². The number of benzene rings is 1. The first kappa shape index (κ1) is 14.9. The van der Waals surface area contributed by atoms with E-state index in [9.17, 15) is 10.1 Å². The first-order valence-corrected chi connectivity index (χ1v) is 7.17. The van der Waals surface area contributed by atoms with Crippen LogP contribution in [0.15, 0.2) is 18.2 Å². The lowest BCUT2D eigenvalue weighted by Gasteiger charge is -2.22. The number of rotatable bonds is 5. The Bertz CT molecular complexity index is 490. The summed E-state index contributed by atoms with van der Waals surface area (Å²) < 4.78 is 0. The highest BCUT2D eigenvalue weighted by atomic mass is 16.6. The van der Waals surface area contributed by atoms with Crippen molar-refractivity contribution in [3.63, 3.8) is 0 Å². The maximum absolute atomic E-state index is 11.0. The van der Waals surface area contributed by atoms with E-state index in [0.29, 0.717) is 11.6 Å². The van der Waals surface area contributed by atoms with E-state index in [1.807, 2.05) is 12.1 Å². The van der Waals surface area contributed by atoms with E-state index in [1.54, 1.807) is 13.0 Å². The maximum atomic E-state index is 11.0. The molecule has 110 valence electrons. The largest absolute Gasteiger partial charge is 0.309 e. The predicted molar refractivity (Wildman–Crippen MR) is 79.9 cm³/mol. The predicted octanol–water partition coefficient (Wildman–Crippen LogP) is 2.65. The summed E-state index contributed by atoms with van der Waals surface area (Å²) in [6.45, 7) is 5.92. The van der Waals surface area contributed by atoms with Crippen molar-refractivity contribution >= 4 is 5.69 Å². The topological polar surface area (TPSA) is 58.4 Å². The Morgan fingerprint density at radius 2 is 2.30 bits per heavy atom. The number of nitro groups is 1. The van der Waals surface area contributed by atoms with Gasteiger partial charge in [-0.25, -0.2) is 0 Å². The van der Waals surface area contributed by atoms with E-state index in [2.05, 4.69) is 24.2 Å². The molecule has 0 aliphatic carbocycles. The van der Waals surface area contributed by atoms with Crippen molar-refractivity contribution in [3.05, 3.63) is 39.4 Å². The summed E-state index contributed by atoms with van der Waals surface area (Å²) >= 11 is 0. The summed E-state index contributed by atoms with van der Waals surface area (Å²) in [5.74, 6) is 0. The minimum Gasteiger partial charge on any atom is -0.309 e. The van der Waals surface area contributed by atoms with Crippen LogP contribution in [-0.4, -0.2) is 36.0 Å². The highest BCUT2D eigenvalue weighted by Crippen LogP contribution is 2.23. The Morgan fingerprint density at radius 3 is 2.90 bits per heavy atom. The summed E-state index contributed by atoms with van der Waals surface area (Å²) in [6, 6.07) is 6.19. The molecule has 20 heavy (non-hydrogen) atoms. The van der Waals surface area contributed by atoms with Gasteiger partial charge in [0.05, 0.1) is 4.92 Å². The standard InChI is InChI=1S/C15H23N3O2/c1-11-6-7-13(9-15(11)18(19)20)12(2)16-10-14-5-4-8-17(14)3/h6-7,9,12,14,16H,4-5,8,10H2,1-3H3. The molecule has 1 heterocycles. The zero-order chi connectivity index (χ0) is 14.7. The van der Waals surface area contributed by atoms with E-state index in [-0.39, 0.29) is 16.7 Å². The summed E-state index contributed by atoms with van der Waals surface area (Å²) in [5.41, 5.74) is 1.89. The fourth-order valence-corrected chi connectivity index (χ4v) is 2.76. The molecule has 1 aliphatic heterocycles. The van der Waals surface area contributed by atoms with Crippen LogP contribution in [0.2, 0.25) is 0 Å². The Labute approximate surface area is 120 Å². The molecule has 1 aliphatic rings. The van der Waals surface area contributed by atoms with Crippen molar-refractivity contribution in [1.82, 2.24) is 10.2 Å². The summed E-state index contributed by atoms with van der Waals surface area (Å²) in [4.78, 5) is 13.0. The van der Waals surface area contributed by atoms with Gasteiger partial charge in [-0.2, -0.15) is 0 Å². The van der Waals surface area contributed by atoms with Crippen LogP contribution < -0.4 is 5.32 Å². The summed E-state index contributed by atoms with van der Waals surface area (Å²) in [5, 5.41) is 14.5. The van der Waals surface area contributed by atoms with Crippen LogP contribution in [-0.2, 0) is 0 Å². The number of nitro benzene ring substituents is 1. The van der Waals surface area contributed by atoms with Crippen molar-refractivity contribution in [2.75, 3.05) is 20.1 Å². The Hall–Kier alpha value is -1.46. The van der Waals surface area contributed by atoms with Crippen LogP contribution in [0.4, 0.5) is 5.69 Å². The minimum absolute atomic E-state index is 0.128. The van der Waals surface area contributed by atoms with Gasteiger partial charge in [0.1, 0.15) is 0 Å². The molecule has 5 heteroatoms. The van der Waals surface area contributed by atoms with Crippen LogP contribution in [0.25, 0.3) is 0 Å². The molecule has 0 amide bonds. The van der Waals surface area contributed by atoms with Gasteiger partial charge >= 0.3 is 0 Å². The quantitative estimate of drug-likeness (QED) is 0.664. The van der Waals surface area contributed by atoms with Gasteiger partial charge in [0.25, 0.3) is 5.69 Å². The van der Waals surface area contributed by atoms with Crippen LogP contribution in [0.1, 0.15) is 36.9 Å². The molecular formula is C15H23N3O2. The van der Waals surface area contributed by atoms with Gasteiger partial charge in [-0.05, 0) is 45.8 Å². The molecule has 0 saturated carbocycles. The molecule has 1 saturated heterocycles. The lowest BCUT2D eigenvalue weighted by Crippen LogP contribution is -2.36. The summed E-state index contributed by atoms with van der Waals surface area (Å²) in [6.07, 6.45) is 2.48. The SMILES string of the molecule is Cc1ccc(C(C)NCC2CCCN2C)cc1[N+](=O)[O-]. The van der Waals surface area contributed by atoms with Crippen molar-refractivity contribution < 1.29 is 4.92 Å². The fourth-order valence-electron chi connectivity index (χ4n) is 2.76. The zero-order valence-electron chi connectivity index (χ0n) is 12.4. The van der Waals surface area contributed by atoms with Crippen molar-refractivity contribution in [2.45, 2.75) is 38.8 Å². The van der Waals surface area contributed by atoms with Crippen LogP contribution >= 0.6 is 0 Å². The van der Waals surface area contributed by atoms with Crippen molar-refractivity contribution in [1.29, 1.82) is 0 Å². The molecule has 0 bridgehead atoms. The van der Waals surface area contributed by atoms with Gasteiger partial charge < -0.3 is 10.2 Å². The smallest absolute Gasteiger partial charge is 0.272 e. The third-order valence-electron chi connectivity index (χ3n) is 4.26. The fraction of sp³-hybridized carbons (Fsp3) is 0.600. The Balaban J connectivity index is 2.00. The number of hydrogen-bond donors (Lipinski definition) is 1. The van der Waals surface area contributed by atoms with Gasteiger partial charge in [-0.3, -0.25) is 10.1 Å². The molecule has 2 atom stereocenters. The van der Waals surface area contributed by atoms with Gasteiger partial charge in [0, 0.05) is 30.3 Å². The molecular weight excluding hydrogens is 254 g/mol. The van der Waals surface area contributed by atoms with E-state index in [0.717, 1.165) is 18.7 Å². The van der Waals surface area contributed by atoms with E-state index in [4.69, 9.17) is 0 Å². The van der Waals surface area contributed by atoms with Gasteiger partial charge in [-0.1, -0.05) is 12.1 Å². The molecule has 0 radical (unpaired) electrons. The average molecular weight is 277 g/mol. The normalized spacial score (nSPS) is 21.1. The number of aryl methyl sites for hydroxylation is 1. The lowest BCUT2D eigenvalue weighted by molar-refractivity contribution is -0.385. The van der Waals surface area contributed by atoms with Crippen molar-refractivity contribution in [3.8, 4) is 0 Å². The monoisotopic (exact) mass is 277 g/mol. The number of likely N-dealkylation sites (tertiary alicyclic amines) is 1. The molecule has 2 rings (SSSR count). The molecule has 0 spiro atoms. The van der Waals surface area contributed by atoms with Crippen LogP contribution in [0, 0.1) is 17.0 Å². The molecule has 1 fully saturated rings. The van der Waals surface area contributed by atoms with Crippen molar-refractivity contribution in [2.24, 2.45) is 0 Å². The summed E-state index contributed by atoms with van der Waals surface area (Å²) in [7, 11) is 2.15. The second kappa shape index (κ2) is 6.33. The van der Waals surface area contributed by atoms with E-state index in [1.165, 1.54) is 12.8 Å². The number of likely N-dealkylation sites (N-methyl/N-ethyl adjacent to an activating group) is 1. The van der Waals surface area contributed by atoms with Crippen LogP contribution in [0.3, 0.4) is 0 Å². The third kappa shape index (κ3) is 3.35. The zero-order valence-corrected chi connectivity index (χ0v) is 12.4. The highest BCUT2D eigenvalue weighted by Gasteiger charge is 2.21. The highest BCUT2D eigenvalue weighted by molar-refractivity contribution is 5.43. The molecule has 1 N–H and O–H groups in total. The second-order valence-corrected chi connectivity index (χ2v) is 5.71. The van der Waals surface area contributed by atoms with E-state index >= 15 is 0 Å². The first-order chi connectivity index (χ1) is 9.49. The Morgan fingerprint density at radius 1 is 1.55 bits per heavy atom. The maximum Gasteiger partial charge on any atom is 0.272 e. The molecule has 1 aromatic rings.